The molecule has 10 heavy (non-hydrogen) atoms. The molecule has 0 saturated heterocycles. The predicted molar refractivity (Wildman–Crippen MR) is 38.3 cm³/mol. The zero-order chi connectivity index (χ0) is 6.81. The van der Waals surface area contributed by atoms with E-state index in [1.807, 2.05) is 12.2 Å². The zero-order valence-corrected chi connectivity index (χ0v) is 5.32. The monoisotopic (exact) mass is 134 g/mol. The Bertz CT molecular complexity index is 259. The van der Waals surface area contributed by atoms with Gasteiger partial charge >= 0.3 is 0 Å². The molecule has 0 saturated carbocycles. The molecule has 0 aromatic carbocycles. The molecule has 2 rings (SSSR count). The summed E-state index contributed by atoms with van der Waals surface area (Å²) >= 11 is 0. The van der Waals surface area contributed by atoms with Gasteiger partial charge in [-0.15, -0.1) is 0 Å². The summed E-state index contributed by atoms with van der Waals surface area (Å²) in [4.78, 5) is 7.98. The van der Waals surface area contributed by atoms with Crippen LogP contribution in [0, 0.1) is 0 Å². The number of hydrogen-bond donors (Lipinski definition) is 0. The van der Waals surface area contributed by atoms with E-state index in [4.69, 9.17) is 4.42 Å². The lowest BCUT2D eigenvalue weighted by atomic mass is 10.3. The van der Waals surface area contributed by atoms with E-state index in [0.717, 1.165) is 12.1 Å². The number of aromatic nitrogens is 1. The van der Waals surface area contributed by atoms with Crippen LogP contribution in [0.5, 0.6) is 0 Å². The molecule has 1 aliphatic rings. The Morgan fingerprint density at radius 2 is 2.50 bits per heavy atom. The van der Waals surface area contributed by atoms with Crippen molar-refractivity contribution in [1.82, 2.24) is 4.98 Å². The van der Waals surface area contributed by atoms with Crippen molar-refractivity contribution >= 4 is 18.2 Å². The fourth-order valence-electron chi connectivity index (χ4n) is 0.836. The van der Waals surface area contributed by atoms with Gasteiger partial charge in [0.15, 0.2) is 6.39 Å². The normalized spacial score (nSPS) is 14.8. The predicted octanol–water partition coefficient (Wildman–Crippen LogP) is 1.79. The van der Waals surface area contributed by atoms with Gasteiger partial charge in [-0.1, -0.05) is 6.08 Å². The fraction of sp³-hybridized carbons (Fsp3) is 0.143. The average molecular weight is 134 g/mol. The van der Waals surface area contributed by atoms with Crippen molar-refractivity contribution in [2.75, 3.05) is 0 Å². The third-order valence-electron chi connectivity index (χ3n) is 1.30. The van der Waals surface area contributed by atoms with Crippen LogP contribution in [0.25, 0.3) is 6.08 Å². The van der Waals surface area contributed by atoms with Gasteiger partial charge in [0, 0.05) is 12.6 Å². The van der Waals surface area contributed by atoms with Gasteiger partial charge in [0.2, 0.25) is 5.88 Å². The Morgan fingerprint density at radius 3 is 3.50 bits per heavy atom. The minimum absolute atomic E-state index is 0.605. The summed E-state index contributed by atoms with van der Waals surface area (Å²) in [6.45, 7) is 0. The smallest absolute Gasteiger partial charge is 0.246 e. The van der Waals surface area contributed by atoms with Gasteiger partial charge in [-0.05, 0) is 6.08 Å². The van der Waals surface area contributed by atoms with Gasteiger partial charge in [-0.3, -0.25) is 0 Å². The van der Waals surface area contributed by atoms with E-state index in [-0.39, 0.29) is 0 Å². The van der Waals surface area contributed by atoms with Crippen molar-refractivity contribution in [3.05, 3.63) is 18.2 Å². The van der Waals surface area contributed by atoms with E-state index in [9.17, 15) is 0 Å². The maximum absolute atomic E-state index is 4.98. The first-order valence-corrected chi connectivity index (χ1v) is 3.09. The van der Waals surface area contributed by atoms with Gasteiger partial charge in [-0.25, -0.2) is 9.98 Å². The highest BCUT2D eigenvalue weighted by molar-refractivity contribution is 5.71. The van der Waals surface area contributed by atoms with Gasteiger partial charge in [-0.2, -0.15) is 0 Å². The number of allylic oxidation sites excluding steroid dienone is 1. The number of rotatable bonds is 0. The second-order valence-electron chi connectivity index (χ2n) is 1.99. The summed E-state index contributed by atoms with van der Waals surface area (Å²) in [6.07, 6.45) is 7.96. The maximum Gasteiger partial charge on any atom is 0.246 e. The lowest BCUT2D eigenvalue weighted by Crippen LogP contribution is -1.65. The molecule has 3 nitrogen and oxygen atoms in total. The minimum atomic E-state index is 0.605. The van der Waals surface area contributed by atoms with Crippen LogP contribution in [0.1, 0.15) is 12.1 Å². The van der Waals surface area contributed by atoms with Crippen LogP contribution in [-0.4, -0.2) is 11.2 Å². The lowest BCUT2D eigenvalue weighted by molar-refractivity contribution is 0.568. The van der Waals surface area contributed by atoms with Crippen LogP contribution in [-0.2, 0) is 0 Å². The Kier molecular flexibility index (Phi) is 1.13. The lowest BCUT2D eigenvalue weighted by Gasteiger charge is -1.81. The van der Waals surface area contributed by atoms with E-state index in [2.05, 4.69) is 9.98 Å². The van der Waals surface area contributed by atoms with Crippen LogP contribution in [0.3, 0.4) is 0 Å². The van der Waals surface area contributed by atoms with Gasteiger partial charge < -0.3 is 4.42 Å². The standard InChI is InChI=1S/C7H6N2O/c1-2-4-8-7-6(3-1)9-5-10-7/h1,3-5H,2H2. The van der Waals surface area contributed by atoms with Crippen LogP contribution < -0.4 is 0 Å². The van der Waals surface area contributed by atoms with E-state index in [0.29, 0.717) is 5.88 Å². The second kappa shape index (κ2) is 2.10. The molecule has 50 valence electrons. The van der Waals surface area contributed by atoms with Gasteiger partial charge in [0.1, 0.15) is 5.69 Å². The molecular formula is C7H6N2O. The molecule has 0 atom stereocenters. The SMILES string of the molecule is C1=Cc2ncoc2N=CC1. The summed E-state index contributed by atoms with van der Waals surface area (Å²) in [5.41, 5.74) is 0.814. The summed E-state index contributed by atoms with van der Waals surface area (Å²) in [5, 5.41) is 0. The summed E-state index contributed by atoms with van der Waals surface area (Å²) in [7, 11) is 0. The highest BCUT2D eigenvalue weighted by Crippen LogP contribution is 2.20. The van der Waals surface area contributed by atoms with Gasteiger partial charge in [0.05, 0.1) is 0 Å². The number of nitrogens with zero attached hydrogens (tertiary/aromatic N) is 2. The fourth-order valence-corrected chi connectivity index (χ4v) is 0.836. The van der Waals surface area contributed by atoms with Crippen molar-refractivity contribution in [2.45, 2.75) is 6.42 Å². The molecule has 0 aliphatic carbocycles. The molecule has 1 aromatic rings. The molecular weight excluding hydrogens is 128 g/mol. The first-order chi connectivity index (χ1) is 4.97. The Hall–Kier alpha value is -1.38. The largest absolute Gasteiger partial charge is 0.425 e. The molecule has 0 unspecified atom stereocenters. The maximum atomic E-state index is 4.98. The summed E-state index contributed by atoms with van der Waals surface area (Å²) in [6, 6.07) is 0. The number of hydrogen-bond acceptors (Lipinski definition) is 3. The highest BCUT2D eigenvalue weighted by Gasteiger charge is 2.02. The first-order valence-electron chi connectivity index (χ1n) is 3.09. The molecule has 2 heterocycles. The molecule has 0 spiro atoms. The molecule has 0 fully saturated rings. The molecule has 1 aromatic heterocycles. The van der Waals surface area contributed by atoms with Crippen LogP contribution in [0.15, 0.2) is 21.9 Å². The Morgan fingerprint density at radius 1 is 1.50 bits per heavy atom. The number of oxazole rings is 1. The molecule has 0 radical (unpaired) electrons. The topological polar surface area (TPSA) is 38.4 Å². The molecule has 0 bridgehead atoms. The van der Waals surface area contributed by atoms with Crippen LogP contribution in [0.4, 0.5) is 5.88 Å². The first kappa shape index (κ1) is 5.41. The Labute approximate surface area is 58.1 Å². The molecule has 1 aliphatic heterocycles. The third-order valence-corrected chi connectivity index (χ3v) is 1.30. The minimum Gasteiger partial charge on any atom is -0.425 e. The highest BCUT2D eigenvalue weighted by atomic mass is 16.4. The zero-order valence-electron chi connectivity index (χ0n) is 5.32. The van der Waals surface area contributed by atoms with E-state index >= 15 is 0 Å². The third kappa shape index (κ3) is 0.757. The summed E-state index contributed by atoms with van der Waals surface area (Å²) in [5.74, 6) is 0.605. The van der Waals surface area contributed by atoms with Crippen LogP contribution >= 0.6 is 0 Å². The van der Waals surface area contributed by atoms with E-state index < -0.39 is 0 Å². The molecule has 0 amide bonds. The van der Waals surface area contributed by atoms with Crippen molar-refractivity contribution in [1.29, 1.82) is 0 Å². The quantitative estimate of drug-likeness (QED) is 0.542. The molecule has 3 heteroatoms. The van der Waals surface area contributed by atoms with E-state index in [1.165, 1.54) is 6.39 Å². The second-order valence-corrected chi connectivity index (χ2v) is 1.99. The van der Waals surface area contributed by atoms with Crippen molar-refractivity contribution in [2.24, 2.45) is 4.99 Å². The Balaban J connectivity index is 2.56. The van der Waals surface area contributed by atoms with Crippen molar-refractivity contribution < 1.29 is 4.42 Å². The van der Waals surface area contributed by atoms with Crippen molar-refractivity contribution in [3.8, 4) is 0 Å². The van der Waals surface area contributed by atoms with E-state index in [1.54, 1.807) is 6.21 Å². The van der Waals surface area contributed by atoms with Gasteiger partial charge in [0.25, 0.3) is 0 Å². The average Bonchev–Trinajstić information content (AvgIpc) is 2.28. The van der Waals surface area contributed by atoms with Crippen LogP contribution in [0.2, 0.25) is 0 Å². The number of aliphatic imine (C=N–C) groups is 1. The number of fused-ring (bicyclic) bond motifs is 1. The van der Waals surface area contributed by atoms with Crippen molar-refractivity contribution in [3.63, 3.8) is 0 Å². The summed E-state index contributed by atoms with van der Waals surface area (Å²) < 4.78 is 4.98. The molecule has 0 N–H and O–H groups in total.